The van der Waals surface area contributed by atoms with E-state index in [9.17, 15) is 21.6 Å². The van der Waals surface area contributed by atoms with Crippen molar-refractivity contribution < 1.29 is 26.3 Å². The van der Waals surface area contributed by atoms with E-state index >= 15 is 0 Å². The molecular formula is C24H34F3N5O3S. The molecule has 2 atom stereocenters. The Balaban J connectivity index is 1.93. The molecule has 0 unspecified atom stereocenters. The van der Waals surface area contributed by atoms with E-state index in [4.69, 9.17) is 4.74 Å². The number of aromatic nitrogens is 2. The van der Waals surface area contributed by atoms with Crippen LogP contribution < -0.4 is 10.1 Å². The molecule has 1 fully saturated rings. The lowest BCUT2D eigenvalue weighted by molar-refractivity contribution is -0.138. The Kier molecular flexibility index (Phi) is 8.84. The molecule has 0 aliphatic heterocycles. The van der Waals surface area contributed by atoms with Gasteiger partial charge in [-0.25, -0.2) is 22.7 Å². The number of hydrogen-bond donors (Lipinski definition) is 1. The van der Waals surface area contributed by atoms with E-state index < -0.39 is 21.8 Å². The van der Waals surface area contributed by atoms with Crippen LogP contribution in [0.25, 0.3) is 0 Å². The second-order valence-corrected chi connectivity index (χ2v) is 11.6. The van der Waals surface area contributed by atoms with Gasteiger partial charge in [-0.2, -0.15) is 13.2 Å². The Labute approximate surface area is 210 Å². The maximum absolute atomic E-state index is 13.8. The third kappa shape index (κ3) is 7.07. The molecule has 1 aliphatic carbocycles. The molecule has 1 aliphatic rings. The van der Waals surface area contributed by atoms with Crippen molar-refractivity contribution in [1.29, 1.82) is 0 Å². The maximum Gasteiger partial charge on any atom is 0.419 e. The third-order valence-corrected chi connectivity index (χ3v) is 7.82. The zero-order valence-corrected chi connectivity index (χ0v) is 22.1. The number of nitrogens with one attached hydrogen (secondary N) is 1. The molecule has 0 spiro atoms. The van der Waals surface area contributed by atoms with E-state index in [1.165, 1.54) is 18.5 Å². The fraction of sp³-hybridized carbons (Fsp3) is 0.583. The summed E-state index contributed by atoms with van der Waals surface area (Å²) < 4.78 is 72.6. The molecule has 8 nitrogen and oxygen atoms in total. The molecule has 2 aromatic rings. The number of hydrogen-bond acceptors (Lipinski definition) is 7. The summed E-state index contributed by atoms with van der Waals surface area (Å²) in [6.45, 7) is 0.696. The van der Waals surface area contributed by atoms with Gasteiger partial charge in [0, 0.05) is 25.8 Å². The third-order valence-electron chi connectivity index (χ3n) is 6.50. The summed E-state index contributed by atoms with van der Waals surface area (Å²) >= 11 is 0. The quantitative estimate of drug-likeness (QED) is 0.518. The standard InChI is InChI=1S/C24H34F3N5O3S/c1-31(2)15-16-10-11-19(22(12-16)35-4)29-23-28-14-18(24(25,26)27)20(30-23)13-17-8-6-7-9-21(17)32(3)36(5,33)34/h10-12,14,17,21H,6-9,13,15H2,1-5H3,(H,28,29,30)/t17-,21+/m0/s1. The van der Waals surface area contributed by atoms with Crippen molar-refractivity contribution >= 4 is 21.7 Å². The van der Waals surface area contributed by atoms with Crippen LogP contribution in [0.15, 0.2) is 24.4 Å². The van der Waals surface area contributed by atoms with Gasteiger partial charge in [0.2, 0.25) is 16.0 Å². The van der Waals surface area contributed by atoms with Crippen LogP contribution in [0.4, 0.5) is 24.8 Å². The summed E-state index contributed by atoms with van der Waals surface area (Å²) in [5.74, 6) is 0.240. The average Bonchev–Trinajstić information content (AvgIpc) is 2.78. The van der Waals surface area contributed by atoms with Gasteiger partial charge in [-0.05, 0) is 57.0 Å². The molecule has 0 bridgehead atoms. The highest BCUT2D eigenvalue weighted by atomic mass is 32.2. The number of benzene rings is 1. The molecule has 1 heterocycles. The number of halogens is 3. The van der Waals surface area contributed by atoms with Gasteiger partial charge in [-0.15, -0.1) is 0 Å². The zero-order valence-electron chi connectivity index (χ0n) is 21.3. The Morgan fingerprint density at radius 2 is 1.86 bits per heavy atom. The molecule has 1 N–H and O–H groups in total. The van der Waals surface area contributed by atoms with E-state index in [0.29, 0.717) is 30.8 Å². The number of rotatable bonds is 9. The van der Waals surface area contributed by atoms with Crippen LogP contribution in [-0.2, 0) is 29.2 Å². The second-order valence-electron chi connectivity index (χ2n) is 9.54. The van der Waals surface area contributed by atoms with Crippen LogP contribution in [-0.4, -0.2) is 68.1 Å². The summed E-state index contributed by atoms with van der Waals surface area (Å²) in [5, 5.41) is 2.98. The largest absolute Gasteiger partial charge is 0.495 e. The highest BCUT2D eigenvalue weighted by Crippen LogP contribution is 2.37. The lowest BCUT2D eigenvalue weighted by Crippen LogP contribution is -2.44. The van der Waals surface area contributed by atoms with Gasteiger partial charge in [0.1, 0.15) is 5.75 Å². The van der Waals surface area contributed by atoms with Gasteiger partial charge in [-0.3, -0.25) is 0 Å². The highest BCUT2D eigenvalue weighted by molar-refractivity contribution is 7.88. The zero-order chi connectivity index (χ0) is 26.7. The summed E-state index contributed by atoms with van der Waals surface area (Å²) in [7, 11) is 3.41. The molecule has 36 heavy (non-hydrogen) atoms. The number of ether oxygens (including phenoxy) is 1. The number of anilines is 2. The van der Waals surface area contributed by atoms with Gasteiger partial charge in [0.15, 0.2) is 0 Å². The number of sulfonamides is 1. The lowest BCUT2D eigenvalue weighted by Gasteiger charge is -2.37. The van der Waals surface area contributed by atoms with Crippen LogP contribution in [0.3, 0.4) is 0 Å². The Morgan fingerprint density at radius 3 is 2.47 bits per heavy atom. The van der Waals surface area contributed by atoms with Crippen LogP contribution in [0, 0.1) is 5.92 Å². The second kappa shape index (κ2) is 11.3. The normalized spacial score (nSPS) is 19.1. The van der Waals surface area contributed by atoms with Crippen molar-refractivity contribution in [2.24, 2.45) is 5.92 Å². The monoisotopic (exact) mass is 529 g/mol. The van der Waals surface area contributed by atoms with Crippen LogP contribution in [0.1, 0.15) is 42.5 Å². The van der Waals surface area contributed by atoms with Crippen LogP contribution in [0.2, 0.25) is 0 Å². The first kappa shape index (κ1) is 28.1. The van der Waals surface area contributed by atoms with E-state index in [-0.39, 0.29) is 30.0 Å². The number of nitrogens with zero attached hydrogens (tertiary/aromatic N) is 4. The van der Waals surface area contributed by atoms with Crippen molar-refractivity contribution in [2.75, 3.05) is 39.8 Å². The minimum Gasteiger partial charge on any atom is -0.495 e. The average molecular weight is 530 g/mol. The minimum absolute atomic E-state index is 0.00449. The predicted molar refractivity (Wildman–Crippen MR) is 133 cm³/mol. The van der Waals surface area contributed by atoms with E-state index in [0.717, 1.165) is 30.9 Å². The first-order chi connectivity index (χ1) is 16.8. The van der Waals surface area contributed by atoms with Gasteiger partial charge >= 0.3 is 6.18 Å². The number of methoxy groups -OCH3 is 1. The Bertz CT molecular complexity index is 1160. The van der Waals surface area contributed by atoms with E-state index in [1.807, 2.05) is 31.1 Å². The van der Waals surface area contributed by atoms with Crippen molar-refractivity contribution in [3.63, 3.8) is 0 Å². The van der Waals surface area contributed by atoms with Crippen LogP contribution >= 0.6 is 0 Å². The first-order valence-corrected chi connectivity index (χ1v) is 13.6. The van der Waals surface area contributed by atoms with Crippen molar-refractivity contribution in [3.8, 4) is 5.75 Å². The summed E-state index contributed by atoms with van der Waals surface area (Å²) in [6, 6.07) is 5.13. The van der Waals surface area contributed by atoms with E-state index in [1.54, 1.807) is 6.07 Å². The summed E-state index contributed by atoms with van der Waals surface area (Å²) in [6.07, 6.45) is 0.138. The molecule has 12 heteroatoms. The van der Waals surface area contributed by atoms with Gasteiger partial charge in [-0.1, -0.05) is 18.9 Å². The van der Waals surface area contributed by atoms with Gasteiger partial charge < -0.3 is 15.0 Å². The van der Waals surface area contributed by atoms with Crippen LogP contribution in [0.5, 0.6) is 5.75 Å². The fourth-order valence-electron chi connectivity index (χ4n) is 4.69. The summed E-state index contributed by atoms with van der Waals surface area (Å²) in [5.41, 5.74) is 0.475. The highest BCUT2D eigenvalue weighted by Gasteiger charge is 2.38. The van der Waals surface area contributed by atoms with Crippen molar-refractivity contribution in [1.82, 2.24) is 19.2 Å². The molecule has 0 saturated heterocycles. The van der Waals surface area contributed by atoms with Crippen molar-refractivity contribution in [3.05, 3.63) is 41.2 Å². The molecule has 1 saturated carbocycles. The van der Waals surface area contributed by atoms with Gasteiger partial charge in [0.25, 0.3) is 0 Å². The van der Waals surface area contributed by atoms with Gasteiger partial charge in [0.05, 0.1) is 30.3 Å². The molecule has 0 radical (unpaired) electrons. The molecule has 1 aromatic heterocycles. The molecular weight excluding hydrogens is 495 g/mol. The minimum atomic E-state index is -4.63. The fourth-order valence-corrected chi connectivity index (χ4v) is 5.46. The maximum atomic E-state index is 13.8. The molecule has 200 valence electrons. The van der Waals surface area contributed by atoms with E-state index in [2.05, 4.69) is 15.3 Å². The molecule has 1 aromatic carbocycles. The van der Waals surface area contributed by atoms with Crippen molar-refractivity contribution in [2.45, 2.75) is 50.9 Å². The Hall–Kier alpha value is -2.44. The SMILES string of the molecule is COc1cc(CN(C)C)ccc1Nc1ncc(C(F)(F)F)c(C[C@@H]2CCCC[C@H]2N(C)S(C)(=O)=O)n1. The summed E-state index contributed by atoms with van der Waals surface area (Å²) in [4.78, 5) is 10.2. The Morgan fingerprint density at radius 1 is 1.17 bits per heavy atom. The lowest BCUT2D eigenvalue weighted by atomic mass is 9.81. The predicted octanol–water partition coefficient (Wildman–Crippen LogP) is 4.30. The first-order valence-electron chi connectivity index (χ1n) is 11.7. The smallest absolute Gasteiger partial charge is 0.419 e. The topological polar surface area (TPSA) is 87.7 Å². The molecule has 0 amide bonds. The molecule has 3 rings (SSSR count). The number of alkyl halides is 3.